The summed E-state index contributed by atoms with van der Waals surface area (Å²) in [6, 6.07) is 76.5. The molecule has 3 aromatic heterocycles. The highest BCUT2D eigenvalue weighted by Gasteiger charge is 2.43. The lowest BCUT2D eigenvalue weighted by atomic mass is 9.57. The van der Waals surface area contributed by atoms with Crippen LogP contribution >= 0.6 is 0 Å². The minimum absolute atomic E-state index is 0.0561. The second kappa shape index (κ2) is 16.4. The largest absolute Gasteiger partial charge is 0.307 e. The monoisotopic (exact) mass is 915 g/mol. The van der Waals surface area contributed by atoms with Gasteiger partial charge >= 0.3 is 0 Å². The summed E-state index contributed by atoms with van der Waals surface area (Å²) in [4.78, 5) is 16.0. The predicted molar refractivity (Wildman–Crippen MR) is 296 cm³/mol. The molecule has 5 heteroatoms. The second-order valence-electron chi connectivity index (χ2n) is 20.7. The van der Waals surface area contributed by atoms with E-state index in [1.807, 2.05) is 24.3 Å². The van der Waals surface area contributed by atoms with E-state index in [4.69, 9.17) is 15.0 Å². The molecule has 13 rings (SSSR count). The highest BCUT2D eigenvalue weighted by Crippen LogP contribution is 2.52. The summed E-state index contributed by atoms with van der Waals surface area (Å²) >= 11 is 0. The number of nitrogens with zero attached hydrogens (tertiary/aromatic N) is 5. The molecule has 342 valence electrons. The van der Waals surface area contributed by atoms with Gasteiger partial charge in [0.2, 0.25) is 5.95 Å². The number of aromatic nitrogens is 5. The lowest BCUT2D eigenvalue weighted by molar-refractivity contribution is 0.234. The molecule has 0 radical (unpaired) electrons. The highest BCUT2D eigenvalue weighted by molar-refractivity contribution is 6.23. The summed E-state index contributed by atoms with van der Waals surface area (Å²) in [6.45, 7) is 12.1. The van der Waals surface area contributed by atoms with Crippen molar-refractivity contribution in [3.8, 4) is 67.8 Å². The number of rotatable bonds is 7. The Kier molecular flexibility index (Phi) is 9.83. The molecular formula is C66H53N5. The van der Waals surface area contributed by atoms with Crippen LogP contribution in [0.5, 0.6) is 0 Å². The fourth-order valence-electron chi connectivity index (χ4n) is 11.9. The molecule has 5 nitrogen and oxygen atoms in total. The maximum Gasteiger partial charge on any atom is 0.238 e. The quantitative estimate of drug-likeness (QED) is 0.160. The van der Waals surface area contributed by atoms with Crippen molar-refractivity contribution in [1.82, 2.24) is 24.1 Å². The Labute approximate surface area is 414 Å². The normalized spacial score (nSPS) is 15.1. The van der Waals surface area contributed by atoms with E-state index >= 15 is 0 Å². The third-order valence-corrected chi connectivity index (χ3v) is 15.6. The van der Waals surface area contributed by atoms with Crippen molar-refractivity contribution in [2.24, 2.45) is 5.92 Å². The molecule has 1 unspecified atom stereocenters. The van der Waals surface area contributed by atoms with Gasteiger partial charge in [-0.1, -0.05) is 211 Å². The van der Waals surface area contributed by atoms with Crippen LogP contribution in [0.25, 0.3) is 111 Å². The Bertz CT molecular complexity index is 4040. The van der Waals surface area contributed by atoms with E-state index in [2.05, 4.69) is 232 Å². The zero-order valence-electron chi connectivity index (χ0n) is 40.7. The molecule has 3 heterocycles. The van der Waals surface area contributed by atoms with E-state index in [0.29, 0.717) is 23.5 Å². The van der Waals surface area contributed by atoms with Gasteiger partial charge in [0.1, 0.15) is 0 Å². The van der Waals surface area contributed by atoms with Crippen LogP contribution in [-0.2, 0) is 10.8 Å². The van der Waals surface area contributed by atoms with Crippen molar-refractivity contribution in [3.05, 3.63) is 223 Å². The number of hydrogen-bond acceptors (Lipinski definition) is 3. The van der Waals surface area contributed by atoms with Gasteiger partial charge in [-0.3, -0.25) is 4.57 Å². The van der Waals surface area contributed by atoms with Crippen LogP contribution in [0.2, 0.25) is 0 Å². The molecule has 1 aliphatic rings. The molecule has 71 heavy (non-hydrogen) atoms. The SMILES string of the molecule is CC1CC(C)(C)c2c(-c3cccc(-c4cccc(-n5c6ccccc6c6ccc7c8ccccc8n(-c8nc(-c9ccccc9)nc(-c9cccc(-c%10ccccc%10)c9)n8)c7c65)c4)c3)cccc2C1(C)C. The molecule has 0 bridgehead atoms. The fraction of sp³-hybridized carbons (Fsp3) is 0.136. The maximum atomic E-state index is 5.44. The first-order valence-corrected chi connectivity index (χ1v) is 24.9. The molecule has 1 aliphatic carbocycles. The Balaban J connectivity index is 1.04. The van der Waals surface area contributed by atoms with Crippen LogP contribution in [0, 0.1) is 5.92 Å². The first kappa shape index (κ1) is 42.7. The Morgan fingerprint density at radius 3 is 1.59 bits per heavy atom. The van der Waals surface area contributed by atoms with E-state index in [1.165, 1.54) is 33.2 Å². The van der Waals surface area contributed by atoms with Crippen LogP contribution in [0.4, 0.5) is 0 Å². The first-order chi connectivity index (χ1) is 34.6. The van der Waals surface area contributed by atoms with Gasteiger partial charge in [-0.15, -0.1) is 0 Å². The average molecular weight is 916 g/mol. The molecule has 0 N–H and O–H groups in total. The summed E-state index contributed by atoms with van der Waals surface area (Å²) in [6.07, 6.45) is 1.15. The molecule has 0 aliphatic heterocycles. The molecule has 0 saturated heterocycles. The van der Waals surface area contributed by atoms with Gasteiger partial charge < -0.3 is 4.57 Å². The molecule has 12 aromatic rings. The maximum absolute atomic E-state index is 5.44. The van der Waals surface area contributed by atoms with Crippen molar-refractivity contribution >= 4 is 43.6 Å². The van der Waals surface area contributed by atoms with Crippen LogP contribution in [0.1, 0.15) is 52.2 Å². The third kappa shape index (κ3) is 6.93. The van der Waals surface area contributed by atoms with E-state index in [1.54, 1.807) is 0 Å². The minimum Gasteiger partial charge on any atom is -0.307 e. The summed E-state index contributed by atoms with van der Waals surface area (Å²) in [5.41, 5.74) is 17.5. The van der Waals surface area contributed by atoms with Gasteiger partial charge in [0.25, 0.3) is 0 Å². The Morgan fingerprint density at radius 1 is 0.408 bits per heavy atom. The van der Waals surface area contributed by atoms with Crippen molar-refractivity contribution in [2.45, 2.75) is 51.9 Å². The van der Waals surface area contributed by atoms with Gasteiger partial charge in [-0.25, -0.2) is 4.98 Å². The standard InChI is InChI=1S/C66H53N5/c1-42-41-65(2,3)59-51(32-19-33-56(59)66(42,4)5)48-27-16-25-46(38-48)47-26-18-29-50(40-47)70-57-34-14-12-30-52(57)54-36-37-55-53-31-13-15-35-58(53)71(61(55)60(54)70)64-68-62(44-22-10-7-11-23-44)67-63(69-64)49-28-17-24-45(39-49)43-20-8-6-9-21-43/h6-40,42H,41H2,1-5H3. The van der Waals surface area contributed by atoms with Gasteiger partial charge in [0.15, 0.2) is 11.6 Å². The third-order valence-electron chi connectivity index (χ3n) is 15.6. The second-order valence-corrected chi connectivity index (χ2v) is 20.7. The fourth-order valence-corrected chi connectivity index (χ4v) is 11.9. The van der Waals surface area contributed by atoms with E-state index in [9.17, 15) is 0 Å². The summed E-state index contributed by atoms with van der Waals surface area (Å²) in [5, 5.41) is 4.60. The van der Waals surface area contributed by atoms with Crippen molar-refractivity contribution in [2.75, 3.05) is 0 Å². The predicted octanol–water partition coefficient (Wildman–Crippen LogP) is 17.0. The molecule has 0 amide bonds. The molecular weight excluding hydrogens is 863 g/mol. The zero-order valence-corrected chi connectivity index (χ0v) is 40.7. The van der Waals surface area contributed by atoms with Crippen LogP contribution < -0.4 is 0 Å². The van der Waals surface area contributed by atoms with Crippen molar-refractivity contribution < 1.29 is 0 Å². The summed E-state index contributed by atoms with van der Waals surface area (Å²) in [7, 11) is 0. The van der Waals surface area contributed by atoms with Gasteiger partial charge in [-0.05, 0) is 104 Å². The van der Waals surface area contributed by atoms with Gasteiger partial charge in [0, 0.05) is 38.4 Å². The molecule has 1 atom stereocenters. The van der Waals surface area contributed by atoms with Crippen molar-refractivity contribution in [3.63, 3.8) is 0 Å². The van der Waals surface area contributed by atoms with E-state index in [0.717, 1.165) is 78.2 Å². The highest BCUT2D eigenvalue weighted by atomic mass is 15.2. The summed E-state index contributed by atoms with van der Waals surface area (Å²) in [5.74, 6) is 2.37. The topological polar surface area (TPSA) is 48.5 Å². The molecule has 0 saturated carbocycles. The molecule has 0 spiro atoms. The number of benzene rings is 9. The first-order valence-electron chi connectivity index (χ1n) is 24.9. The smallest absolute Gasteiger partial charge is 0.238 e. The molecule has 0 fully saturated rings. The lowest BCUT2D eigenvalue weighted by Crippen LogP contribution is -2.40. The van der Waals surface area contributed by atoms with E-state index < -0.39 is 0 Å². The average Bonchev–Trinajstić information content (AvgIpc) is 3.94. The Hall–Kier alpha value is -8.41. The van der Waals surface area contributed by atoms with Crippen LogP contribution in [0.15, 0.2) is 212 Å². The van der Waals surface area contributed by atoms with E-state index in [-0.39, 0.29) is 10.8 Å². The number of para-hydroxylation sites is 2. The Morgan fingerprint density at radius 2 is 0.901 bits per heavy atom. The summed E-state index contributed by atoms with van der Waals surface area (Å²) < 4.78 is 4.73. The van der Waals surface area contributed by atoms with Gasteiger partial charge in [-0.2, -0.15) is 9.97 Å². The minimum atomic E-state index is 0.0561. The van der Waals surface area contributed by atoms with Gasteiger partial charge in [0.05, 0.1) is 22.1 Å². The molecule has 9 aromatic carbocycles. The lowest BCUT2D eigenvalue weighted by Gasteiger charge is -2.47. The number of hydrogen-bond donors (Lipinski definition) is 0. The van der Waals surface area contributed by atoms with Crippen molar-refractivity contribution in [1.29, 1.82) is 0 Å². The van der Waals surface area contributed by atoms with Crippen LogP contribution in [0.3, 0.4) is 0 Å². The zero-order chi connectivity index (χ0) is 48.0. The number of fused-ring (bicyclic) bond motifs is 8. The van der Waals surface area contributed by atoms with Crippen LogP contribution in [-0.4, -0.2) is 24.1 Å².